The number of ether oxygens (including phenoxy) is 2. The average molecular weight is 566 g/mol. The lowest BCUT2D eigenvalue weighted by atomic mass is 10.1. The van der Waals surface area contributed by atoms with Crippen molar-refractivity contribution in [2.24, 2.45) is 4.99 Å². The number of hydrogen-bond donors (Lipinski definition) is 1. The van der Waals surface area contributed by atoms with Gasteiger partial charge in [0.25, 0.3) is 0 Å². The summed E-state index contributed by atoms with van der Waals surface area (Å²) < 4.78 is 10.3. The summed E-state index contributed by atoms with van der Waals surface area (Å²) in [5.74, 6) is -0.130. The molecule has 8 nitrogen and oxygen atoms in total. The van der Waals surface area contributed by atoms with Crippen molar-refractivity contribution in [2.75, 3.05) is 25.6 Å². The molecule has 202 valence electrons. The lowest BCUT2D eigenvalue weighted by Crippen LogP contribution is -2.35. The Kier molecular flexibility index (Phi) is 9.62. The molecule has 1 heterocycles. The van der Waals surface area contributed by atoms with Gasteiger partial charge in [0.15, 0.2) is 5.17 Å². The zero-order valence-electron chi connectivity index (χ0n) is 21.6. The van der Waals surface area contributed by atoms with E-state index in [0.29, 0.717) is 40.1 Å². The average Bonchev–Trinajstić information content (AvgIpc) is 3.21. The normalized spacial score (nSPS) is 15.9. The molecule has 0 spiro atoms. The van der Waals surface area contributed by atoms with E-state index >= 15 is 0 Å². The molecule has 4 rings (SSSR count). The van der Waals surface area contributed by atoms with Crippen LogP contribution < -0.4 is 10.1 Å². The zero-order valence-corrected chi connectivity index (χ0v) is 23.1. The summed E-state index contributed by atoms with van der Waals surface area (Å²) in [7, 11) is 1.61. The Hall–Kier alpha value is -3.82. The van der Waals surface area contributed by atoms with Gasteiger partial charge in [0, 0.05) is 23.7 Å². The van der Waals surface area contributed by atoms with Gasteiger partial charge < -0.3 is 14.8 Å². The number of nitrogens with one attached hydrogen (secondary N) is 1. The minimum atomic E-state index is -0.627. The van der Waals surface area contributed by atoms with Gasteiger partial charge in [-0.3, -0.25) is 14.5 Å². The van der Waals surface area contributed by atoms with Gasteiger partial charge in [-0.1, -0.05) is 41.6 Å². The van der Waals surface area contributed by atoms with Gasteiger partial charge in [0.2, 0.25) is 11.8 Å². The topological polar surface area (TPSA) is 97.3 Å². The van der Waals surface area contributed by atoms with Crippen LogP contribution in [0.5, 0.6) is 5.75 Å². The van der Waals surface area contributed by atoms with E-state index < -0.39 is 11.2 Å². The summed E-state index contributed by atoms with van der Waals surface area (Å²) in [5.41, 5.74) is 2.60. The van der Waals surface area contributed by atoms with E-state index in [1.54, 1.807) is 67.5 Å². The Labute approximate surface area is 236 Å². The lowest BCUT2D eigenvalue weighted by molar-refractivity contribution is -0.128. The van der Waals surface area contributed by atoms with Crippen molar-refractivity contribution in [3.8, 4) is 5.75 Å². The molecule has 0 aromatic heterocycles. The van der Waals surface area contributed by atoms with Crippen LogP contribution in [-0.2, 0) is 20.7 Å². The number of anilines is 1. The standard InChI is InChI=1S/C29H28ClN3O5S/c1-3-38-28(36)20-9-11-22(12-10-20)32-29-33(16-15-19-7-13-24(37-2)14-8-19)27(35)25(39-29)18-26(34)31-23-6-4-5-21(30)17-23/h4-14,17,25H,3,15-16,18H2,1-2H3,(H,31,34)/t25-/m0/s1. The molecule has 2 amide bonds. The number of amidine groups is 1. The second-order valence-electron chi connectivity index (χ2n) is 8.62. The molecule has 1 saturated heterocycles. The quantitative estimate of drug-likeness (QED) is 0.315. The van der Waals surface area contributed by atoms with Gasteiger partial charge >= 0.3 is 5.97 Å². The minimum Gasteiger partial charge on any atom is -0.497 e. The molecule has 0 bridgehead atoms. The summed E-state index contributed by atoms with van der Waals surface area (Å²) in [6.07, 6.45) is 0.578. The number of nitrogens with zero attached hydrogens (tertiary/aromatic N) is 2. The number of amides is 2. The summed E-state index contributed by atoms with van der Waals surface area (Å²) in [6.45, 7) is 2.43. The smallest absolute Gasteiger partial charge is 0.338 e. The highest BCUT2D eigenvalue weighted by atomic mass is 35.5. The van der Waals surface area contributed by atoms with E-state index in [-0.39, 0.29) is 24.8 Å². The molecular formula is C29H28ClN3O5S. The Morgan fingerprint density at radius 2 is 1.82 bits per heavy atom. The summed E-state index contributed by atoms with van der Waals surface area (Å²) in [6, 6.07) is 21.2. The molecule has 1 N–H and O–H groups in total. The maximum Gasteiger partial charge on any atom is 0.338 e. The number of hydrogen-bond acceptors (Lipinski definition) is 7. The monoisotopic (exact) mass is 565 g/mol. The van der Waals surface area contributed by atoms with Crippen molar-refractivity contribution in [3.63, 3.8) is 0 Å². The van der Waals surface area contributed by atoms with Crippen LogP contribution in [0.1, 0.15) is 29.3 Å². The van der Waals surface area contributed by atoms with Crippen LogP contribution in [0.25, 0.3) is 0 Å². The van der Waals surface area contributed by atoms with Crippen LogP contribution in [0, 0.1) is 0 Å². The number of thioether (sulfide) groups is 1. The molecule has 3 aromatic rings. The predicted molar refractivity (Wildman–Crippen MR) is 154 cm³/mol. The first-order valence-corrected chi connectivity index (χ1v) is 13.6. The highest BCUT2D eigenvalue weighted by Crippen LogP contribution is 2.32. The van der Waals surface area contributed by atoms with E-state index in [0.717, 1.165) is 11.3 Å². The molecular weight excluding hydrogens is 538 g/mol. The van der Waals surface area contributed by atoms with Crippen molar-refractivity contribution in [1.29, 1.82) is 0 Å². The molecule has 0 unspecified atom stereocenters. The van der Waals surface area contributed by atoms with Crippen molar-refractivity contribution in [1.82, 2.24) is 4.90 Å². The van der Waals surface area contributed by atoms with Crippen molar-refractivity contribution >= 4 is 57.7 Å². The van der Waals surface area contributed by atoms with E-state index in [2.05, 4.69) is 5.32 Å². The van der Waals surface area contributed by atoms with Crippen LogP contribution in [0.2, 0.25) is 5.02 Å². The molecule has 1 aliphatic rings. The number of methoxy groups -OCH3 is 1. The van der Waals surface area contributed by atoms with Gasteiger partial charge in [-0.15, -0.1) is 0 Å². The molecule has 1 atom stereocenters. The largest absolute Gasteiger partial charge is 0.497 e. The first-order valence-electron chi connectivity index (χ1n) is 12.4. The number of carbonyl (C=O) groups excluding carboxylic acids is 3. The maximum atomic E-state index is 13.4. The highest BCUT2D eigenvalue weighted by molar-refractivity contribution is 8.15. The van der Waals surface area contributed by atoms with Gasteiger partial charge in [-0.2, -0.15) is 0 Å². The number of aliphatic imine (C=N–C) groups is 1. The predicted octanol–water partition coefficient (Wildman–Crippen LogP) is 5.73. The molecule has 3 aromatic carbocycles. The Balaban J connectivity index is 1.51. The fraction of sp³-hybridized carbons (Fsp3) is 0.241. The van der Waals surface area contributed by atoms with Crippen LogP contribution in [0.4, 0.5) is 11.4 Å². The van der Waals surface area contributed by atoms with Crippen molar-refractivity contribution in [3.05, 3.63) is 88.9 Å². The summed E-state index contributed by atoms with van der Waals surface area (Å²) >= 11 is 7.27. The van der Waals surface area contributed by atoms with E-state index in [1.165, 1.54) is 11.8 Å². The number of carbonyl (C=O) groups is 3. The SMILES string of the molecule is CCOC(=O)c1ccc(N=C2S[C@@H](CC(=O)Nc3cccc(Cl)c3)C(=O)N2CCc2ccc(OC)cc2)cc1. The Bertz CT molecular complexity index is 1360. The van der Waals surface area contributed by atoms with Gasteiger partial charge in [-0.05, 0) is 73.5 Å². The van der Waals surface area contributed by atoms with E-state index in [4.69, 9.17) is 26.1 Å². The third-order valence-corrected chi connectivity index (χ3v) is 7.30. The molecule has 0 radical (unpaired) electrons. The van der Waals surface area contributed by atoms with Crippen molar-refractivity contribution < 1.29 is 23.9 Å². The second kappa shape index (κ2) is 13.3. The van der Waals surface area contributed by atoms with Crippen molar-refractivity contribution in [2.45, 2.75) is 25.0 Å². The third kappa shape index (κ3) is 7.61. The lowest BCUT2D eigenvalue weighted by Gasteiger charge is -2.17. The maximum absolute atomic E-state index is 13.4. The molecule has 1 aliphatic heterocycles. The van der Waals surface area contributed by atoms with Gasteiger partial charge in [0.1, 0.15) is 11.0 Å². The molecule has 0 saturated carbocycles. The molecule has 39 heavy (non-hydrogen) atoms. The molecule has 1 fully saturated rings. The fourth-order valence-electron chi connectivity index (χ4n) is 3.91. The van der Waals surface area contributed by atoms with E-state index in [1.807, 2.05) is 24.3 Å². The zero-order chi connectivity index (χ0) is 27.8. The van der Waals surface area contributed by atoms with Crippen LogP contribution in [0.3, 0.4) is 0 Å². The summed E-state index contributed by atoms with van der Waals surface area (Å²) in [4.78, 5) is 44.5. The Morgan fingerprint density at radius 1 is 1.08 bits per heavy atom. The molecule has 10 heteroatoms. The fourth-order valence-corrected chi connectivity index (χ4v) is 5.28. The second-order valence-corrected chi connectivity index (χ2v) is 10.2. The molecule has 0 aliphatic carbocycles. The van der Waals surface area contributed by atoms with Crippen LogP contribution in [-0.4, -0.2) is 53.4 Å². The van der Waals surface area contributed by atoms with E-state index in [9.17, 15) is 14.4 Å². The van der Waals surface area contributed by atoms with Gasteiger partial charge in [-0.25, -0.2) is 9.79 Å². The Morgan fingerprint density at radius 3 is 2.49 bits per heavy atom. The summed E-state index contributed by atoms with van der Waals surface area (Å²) in [5, 5.41) is 3.18. The van der Waals surface area contributed by atoms with Crippen LogP contribution >= 0.6 is 23.4 Å². The number of esters is 1. The number of rotatable bonds is 10. The third-order valence-electron chi connectivity index (χ3n) is 5.89. The minimum absolute atomic E-state index is 0.0180. The van der Waals surface area contributed by atoms with Crippen LogP contribution in [0.15, 0.2) is 77.8 Å². The van der Waals surface area contributed by atoms with Gasteiger partial charge in [0.05, 0.1) is 25.0 Å². The highest BCUT2D eigenvalue weighted by Gasteiger charge is 2.39. The number of benzene rings is 3. The first-order chi connectivity index (χ1) is 18.9. The number of halogens is 1. The first kappa shape index (κ1) is 28.2.